The van der Waals surface area contributed by atoms with Crippen LogP contribution in [-0.2, 0) is 9.53 Å². The zero-order chi connectivity index (χ0) is 14.7. The molecule has 1 heterocycles. The summed E-state index contributed by atoms with van der Waals surface area (Å²) in [6, 6.07) is 0. The van der Waals surface area contributed by atoms with Crippen LogP contribution in [0.3, 0.4) is 0 Å². The lowest BCUT2D eigenvalue weighted by molar-refractivity contribution is -0.129. The third-order valence-corrected chi connectivity index (χ3v) is 3.51. The SMILES string of the molecule is CC(C)(C)C(=O)N[C@@H](NC[C@@H]1CCCO1)C(Cl)(Cl)Cl. The second-order valence-electron chi connectivity index (χ2n) is 5.74. The smallest absolute Gasteiger partial charge is 0.226 e. The molecule has 1 rings (SSSR count). The predicted octanol–water partition coefficient (Wildman–Crippen LogP) is 2.61. The van der Waals surface area contributed by atoms with E-state index < -0.39 is 15.4 Å². The first-order valence-corrected chi connectivity index (χ1v) is 7.47. The average molecular weight is 332 g/mol. The van der Waals surface area contributed by atoms with Gasteiger partial charge in [0, 0.05) is 18.6 Å². The maximum atomic E-state index is 12.0. The van der Waals surface area contributed by atoms with Gasteiger partial charge in [-0.1, -0.05) is 55.6 Å². The highest BCUT2D eigenvalue weighted by Crippen LogP contribution is 2.30. The standard InChI is InChI=1S/C12H21Cl3N2O2/c1-11(2,3)10(18)17-9(12(13,14)15)16-7-8-5-4-6-19-8/h8-9,16H,4-7H2,1-3H3,(H,17,18)/t8-,9+/m0/s1. The number of halogens is 3. The molecule has 0 saturated carbocycles. The van der Waals surface area contributed by atoms with Crippen LogP contribution in [0.25, 0.3) is 0 Å². The monoisotopic (exact) mass is 330 g/mol. The van der Waals surface area contributed by atoms with Crippen LogP contribution in [-0.4, -0.2) is 35.1 Å². The Labute approximate surface area is 129 Å². The number of amides is 1. The first-order chi connectivity index (χ1) is 8.60. The van der Waals surface area contributed by atoms with Crippen molar-refractivity contribution in [2.45, 2.75) is 49.7 Å². The predicted molar refractivity (Wildman–Crippen MR) is 78.7 cm³/mol. The van der Waals surface area contributed by atoms with Crippen molar-refractivity contribution in [1.29, 1.82) is 0 Å². The topological polar surface area (TPSA) is 50.4 Å². The van der Waals surface area contributed by atoms with Gasteiger partial charge in [-0.15, -0.1) is 0 Å². The lowest BCUT2D eigenvalue weighted by Gasteiger charge is -2.30. The molecule has 0 unspecified atom stereocenters. The van der Waals surface area contributed by atoms with Crippen molar-refractivity contribution >= 4 is 40.7 Å². The van der Waals surface area contributed by atoms with Gasteiger partial charge < -0.3 is 10.1 Å². The van der Waals surface area contributed by atoms with Crippen molar-refractivity contribution in [3.63, 3.8) is 0 Å². The molecule has 4 nitrogen and oxygen atoms in total. The van der Waals surface area contributed by atoms with E-state index in [1.807, 2.05) is 0 Å². The molecule has 2 atom stereocenters. The summed E-state index contributed by atoms with van der Waals surface area (Å²) in [5.41, 5.74) is -0.542. The number of alkyl halides is 3. The van der Waals surface area contributed by atoms with Gasteiger partial charge >= 0.3 is 0 Å². The van der Waals surface area contributed by atoms with Crippen LogP contribution in [0, 0.1) is 5.41 Å². The van der Waals surface area contributed by atoms with Gasteiger partial charge in [0.05, 0.1) is 6.10 Å². The van der Waals surface area contributed by atoms with Crippen molar-refractivity contribution in [1.82, 2.24) is 10.6 Å². The Kier molecular flexibility index (Phi) is 6.21. The van der Waals surface area contributed by atoms with Crippen LogP contribution in [0.5, 0.6) is 0 Å². The van der Waals surface area contributed by atoms with E-state index in [0.717, 1.165) is 19.4 Å². The van der Waals surface area contributed by atoms with Gasteiger partial charge in [-0.2, -0.15) is 0 Å². The maximum absolute atomic E-state index is 12.0. The average Bonchev–Trinajstić information content (AvgIpc) is 2.73. The van der Waals surface area contributed by atoms with Crippen molar-refractivity contribution in [2.75, 3.05) is 13.2 Å². The number of hydrogen-bond acceptors (Lipinski definition) is 3. The second-order valence-corrected chi connectivity index (χ2v) is 8.11. The summed E-state index contributed by atoms with van der Waals surface area (Å²) < 4.78 is 3.87. The van der Waals surface area contributed by atoms with Crippen LogP contribution in [0.1, 0.15) is 33.6 Å². The minimum atomic E-state index is -1.61. The van der Waals surface area contributed by atoms with E-state index in [-0.39, 0.29) is 12.0 Å². The minimum Gasteiger partial charge on any atom is -0.377 e. The summed E-state index contributed by atoms with van der Waals surface area (Å²) >= 11 is 17.7. The van der Waals surface area contributed by atoms with E-state index in [1.54, 1.807) is 20.8 Å². The summed E-state index contributed by atoms with van der Waals surface area (Å²) in [6.07, 6.45) is 1.39. The van der Waals surface area contributed by atoms with Crippen molar-refractivity contribution in [3.05, 3.63) is 0 Å². The third-order valence-electron chi connectivity index (χ3n) is 2.86. The van der Waals surface area contributed by atoms with Crippen LogP contribution in [0.4, 0.5) is 0 Å². The Morgan fingerprint density at radius 2 is 2.00 bits per heavy atom. The molecule has 2 N–H and O–H groups in total. The highest BCUT2D eigenvalue weighted by Gasteiger charge is 2.36. The number of carbonyl (C=O) groups excluding carboxylic acids is 1. The lowest BCUT2D eigenvalue weighted by Crippen LogP contribution is -2.57. The van der Waals surface area contributed by atoms with E-state index in [4.69, 9.17) is 39.5 Å². The molecule has 7 heteroatoms. The Morgan fingerprint density at radius 1 is 1.37 bits per heavy atom. The molecule has 0 aromatic heterocycles. The molecule has 0 spiro atoms. The lowest BCUT2D eigenvalue weighted by atomic mass is 9.95. The van der Waals surface area contributed by atoms with E-state index in [9.17, 15) is 4.79 Å². The highest BCUT2D eigenvalue weighted by atomic mass is 35.6. The van der Waals surface area contributed by atoms with Crippen molar-refractivity contribution in [2.24, 2.45) is 5.41 Å². The van der Waals surface area contributed by atoms with Gasteiger partial charge in [-0.3, -0.25) is 10.1 Å². The fraction of sp³-hybridized carbons (Fsp3) is 0.917. The van der Waals surface area contributed by atoms with Gasteiger partial charge in [-0.05, 0) is 12.8 Å². The van der Waals surface area contributed by atoms with Crippen molar-refractivity contribution in [3.8, 4) is 0 Å². The molecular weight excluding hydrogens is 311 g/mol. The molecule has 1 aliphatic heterocycles. The zero-order valence-corrected chi connectivity index (χ0v) is 13.7. The molecule has 112 valence electrons. The summed E-state index contributed by atoms with van der Waals surface area (Å²) in [7, 11) is 0. The fourth-order valence-corrected chi connectivity index (χ4v) is 2.05. The number of nitrogens with one attached hydrogen (secondary N) is 2. The normalized spacial score (nSPS) is 22.3. The zero-order valence-electron chi connectivity index (χ0n) is 11.4. The van der Waals surface area contributed by atoms with Gasteiger partial charge in [0.15, 0.2) is 0 Å². The quantitative estimate of drug-likeness (QED) is 0.615. The van der Waals surface area contributed by atoms with E-state index >= 15 is 0 Å². The molecule has 19 heavy (non-hydrogen) atoms. The van der Waals surface area contributed by atoms with Gasteiger partial charge in [0.25, 0.3) is 0 Å². The largest absolute Gasteiger partial charge is 0.377 e. The summed E-state index contributed by atoms with van der Waals surface area (Å²) in [5.74, 6) is -0.177. The highest BCUT2D eigenvalue weighted by molar-refractivity contribution is 6.68. The molecule has 0 radical (unpaired) electrons. The van der Waals surface area contributed by atoms with Crippen LogP contribution < -0.4 is 10.6 Å². The van der Waals surface area contributed by atoms with Crippen LogP contribution in [0.15, 0.2) is 0 Å². The Bertz CT molecular complexity index is 307. The first-order valence-electron chi connectivity index (χ1n) is 6.33. The molecule has 1 aliphatic rings. The summed E-state index contributed by atoms with van der Waals surface area (Å²) in [5, 5.41) is 5.77. The Morgan fingerprint density at radius 3 is 2.42 bits per heavy atom. The van der Waals surface area contributed by atoms with Crippen LogP contribution >= 0.6 is 34.8 Å². The number of carbonyl (C=O) groups is 1. The summed E-state index contributed by atoms with van der Waals surface area (Å²) in [4.78, 5) is 12.0. The Balaban J connectivity index is 2.54. The van der Waals surface area contributed by atoms with E-state index in [0.29, 0.717) is 6.54 Å². The Hall–Kier alpha value is 0.260. The molecule has 1 saturated heterocycles. The molecule has 0 aromatic carbocycles. The van der Waals surface area contributed by atoms with Gasteiger partial charge in [0.2, 0.25) is 9.70 Å². The molecule has 0 aromatic rings. The molecule has 1 fully saturated rings. The van der Waals surface area contributed by atoms with E-state index in [1.165, 1.54) is 0 Å². The van der Waals surface area contributed by atoms with Crippen molar-refractivity contribution < 1.29 is 9.53 Å². The molecule has 0 aliphatic carbocycles. The third kappa shape index (κ3) is 6.05. The van der Waals surface area contributed by atoms with Crippen LogP contribution in [0.2, 0.25) is 0 Å². The number of hydrogen-bond donors (Lipinski definition) is 2. The summed E-state index contributed by atoms with van der Waals surface area (Å²) in [6.45, 7) is 6.72. The van der Waals surface area contributed by atoms with E-state index in [2.05, 4.69) is 10.6 Å². The fourth-order valence-electron chi connectivity index (χ4n) is 1.65. The van der Waals surface area contributed by atoms with Gasteiger partial charge in [0.1, 0.15) is 6.17 Å². The maximum Gasteiger partial charge on any atom is 0.226 e. The number of ether oxygens (including phenoxy) is 1. The molecule has 1 amide bonds. The first kappa shape index (κ1) is 17.3. The second kappa shape index (κ2) is 6.81. The molecular formula is C12H21Cl3N2O2. The number of rotatable bonds is 4. The minimum absolute atomic E-state index is 0.112. The van der Waals surface area contributed by atoms with Gasteiger partial charge in [-0.25, -0.2) is 0 Å². The molecule has 0 bridgehead atoms.